The van der Waals surface area contributed by atoms with Crippen LogP contribution >= 0.6 is 11.3 Å². The summed E-state index contributed by atoms with van der Waals surface area (Å²) in [6.45, 7) is 3.86. The number of fused-ring (bicyclic) bond motifs is 1. The van der Waals surface area contributed by atoms with E-state index in [1.165, 1.54) is 15.4 Å². The molecule has 3 aromatic rings. The van der Waals surface area contributed by atoms with Crippen LogP contribution in [0.2, 0.25) is 0 Å². The molecule has 4 rings (SSSR count). The van der Waals surface area contributed by atoms with E-state index < -0.39 is 0 Å². The average molecular weight is 342 g/mol. The molecule has 1 aromatic carbocycles. The number of likely N-dealkylation sites (tertiary alicyclic amines) is 1. The van der Waals surface area contributed by atoms with Crippen molar-refractivity contribution in [2.24, 2.45) is 0 Å². The zero-order valence-electron chi connectivity index (χ0n) is 13.6. The second-order valence-electron chi connectivity index (χ2n) is 6.33. The van der Waals surface area contributed by atoms with Crippen LogP contribution in [0.3, 0.4) is 0 Å². The number of hydrogen-bond acceptors (Lipinski definition) is 5. The van der Waals surface area contributed by atoms with Gasteiger partial charge in [-0.1, -0.05) is 12.1 Å². The molecule has 0 radical (unpaired) electrons. The van der Waals surface area contributed by atoms with E-state index >= 15 is 0 Å². The third-order valence-electron chi connectivity index (χ3n) is 4.76. The standard InChI is InChI=1S/C18H22N4OS/c23-12-11-22-16(5-8-19-22)14-6-9-21(10-7-14)13-18-20-15-3-1-2-4-17(15)24-18/h1-5,8,14,23H,6-7,9-13H2. The van der Waals surface area contributed by atoms with Gasteiger partial charge in [0.1, 0.15) is 5.01 Å². The van der Waals surface area contributed by atoms with Gasteiger partial charge in [-0.15, -0.1) is 11.3 Å². The molecular weight excluding hydrogens is 320 g/mol. The number of aliphatic hydroxyl groups excluding tert-OH is 1. The van der Waals surface area contributed by atoms with Gasteiger partial charge in [-0.05, 0) is 44.1 Å². The van der Waals surface area contributed by atoms with E-state index in [2.05, 4.69) is 34.3 Å². The largest absolute Gasteiger partial charge is 0.394 e. The number of rotatable bonds is 5. The first kappa shape index (κ1) is 15.7. The van der Waals surface area contributed by atoms with E-state index in [1.807, 2.05) is 16.9 Å². The number of nitrogens with zero attached hydrogens (tertiary/aromatic N) is 4. The first-order chi connectivity index (χ1) is 11.8. The molecule has 2 aromatic heterocycles. The molecule has 1 aliphatic heterocycles. The van der Waals surface area contributed by atoms with E-state index in [4.69, 9.17) is 10.1 Å². The number of piperidine rings is 1. The summed E-state index contributed by atoms with van der Waals surface area (Å²) in [5.74, 6) is 0.547. The molecule has 24 heavy (non-hydrogen) atoms. The molecule has 0 amide bonds. The van der Waals surface area contributed by atoms with E-state index in [1.54, 1.807) is 11.3 Å². The highest BCUT2D eigenvalue weighted by Crippen LogP contribution is 2.29. The molecule has 6 heteroatoms. The molecule has 1 saturated heterocycles. The minimum atomic E-state index is 0.144. The highest BCUT2D eigenvalue weighted by Gasteiger charge is 2.23. The fourth-order valence-corrected chi connectivity index (χ4v) is 4.55. The number of aliphatic hydroxyl groups is 1. The Hall–Kier alpha value is -1.76. The van der Waals surface area contributed by atoms with Gasteiger partial charge >= 0.3 is 0 Å². The van der Waals surface area contributed by atoms with Gasteiger partial charge in [0.2, 0.25) is 0 Å². The summed E-state index contributed by atoms with van der Waals surface area (Å²) >= 11 is 1.80. The third-order valence-corrected chi connectivity index (χ3v) is 5.79. The van der Waals surface area contributed by atoms with Gasteiger partial charge in [0, 0.05) is 17.8 Å². The molecular formula is C18H22N4OS. The fraction of sp³-hybridized carbons (Fsp3) is 0.444. The summed E-state index contributed by atoms with van der Waals surface area (Å²) < 4.78 is 3.23. The molecule has 0 unspecified atom stereocenters. The molecule has 5 nitrogen and oxygen atoms in total. The maximum atomic E-state index is 9.15. The van der Waals surface area contributed by atoms with Crippen LogP contribution in [0.5, 0.6) is 0 Å². The number of benzene rings is 1. The van der Waals surface area contributed by atoms with Crippen molar-refractivity contribution < 1.29 is 5.11 Å². The van der Waals surface area contributed by atoms with Crippen molar-refractivity contribution in [3.63, 3.8) is 0 Å². The Labute approximate surface area is 145 Å². The Kier molecular flexibility index (Phi) is 4.60. The lowest BCUT2D eigenvalue weighted by Crippen LogP contribution is -2.33. The Balaban J connectivity index is 1.38. The van der Waals surface area contributed by atoms with Crippen molar-refractivity contribution in [3.05, 3.63) is 47.2 Å². The summed E-state index contributed by atoms with van der Waals surface area (Å²) in [7, 11) is 0. The lowest BCUT2D eigenvalue weighted by Gasteiger charge is -2.31. The zero-order chi connectivity index (χ0) is 16.4. The van der Waals surface area contributed by atoms with Gasteiger partial charge in [0.05, 0.1) is 29.9 Å². The smallest absolute Gasteiger partial charge is 0.108 e. The number of hydrogen-bond donors (Lipinski definition) is 1. The predicted octanol–water partition coefficient (Wildman–Crippen LogP) is 2.86. The predicted molar refractivity (Wildman–Crippen MR) is 96.2 cm³/mol. The van der Waals surface area contributed by atoms with Gasteiger partial charge in [-0.2, -0.15) is 5.10 Å². The highest BCUT2D eigenvalue weighted by molar-refractivity contribution is 7.18. The first-order valence-corrected chi connectivity index (χ1v) is 9.34. The Morgan fingerprint density at radius 3 is 2.79 bits per heavy atom. The van der Waals surface area contributed by atoms with Crippen LogP contribution in [0.25, 0.3) is 10.2 Å². The Morgan fingerprint density at radius 1 is 1.17 bits per heavy atom. The molecule has 126 valence electrons. The SMILES string of the molecule is OCCn1nccc1C1CCN(Cc2nc3ccccc3s2)CC1. The lowest BCUT2D eigenvalue weighted by molar-refractivity contribution is 0.198. The molecule has 1 fully saturated rings. The van der Waals surface area contributed by atoms with Crippen LogP contribution in [0.15, 0.2) is 36.5 Å². The third kappa shape index (κ3) is 3.22. The fourth-order valence-electron chi connectivity index (χ4n) is 3.54. The normalized spacial score (nSPS) is 16.9. The first-order valence-electron chi connectivity index (χ1n) is 8.53. The van der Waals surface area contributed by atoms with Crippen LogP contribution < -0.4 is 0 Å². The molecule has 0 aliphatic carbocycles. The van der Waals surface area contributed by atoms with Crippen molar-refractivity contribution in [3.8, 4) is 0 Å². The van der Waals surface area contributed by atoms with Crippen LogP contribution in [0, 0.1) is 0 Å². The molecule has 1 N–H and O–H groups in total. The molecule has 1 aliphatic rings. The molecule has 0 bridgehead atoms. The number of thiazole rings is 1. The average Bonchev–Trinajstić information content (AvgIpc) is 3.22. The van der Waals surface area contributed by atoms with Gasteiger partial charge < -0.3 is 5.11 Å². The van der Waals surface area contributed by atoms with Gasteiger partial charge in [0.15, 0.2) is 0 Å². The highest BCUT2D eigenvalue weighted by atomic mass is 32.1. The molecule has 3 heterocycles. The van der Waals surface area contributed by atoms with Crippen molar-refractivity contribution in [2.45, 2.75) is 31.8 Å². The van der Waals surface area contributed by atoms with Gasteiger partial charge in [-0.25, -0.2) is 4.98 Å². The van der Waals surface area contributed by atoms with E-state index in [-0.39, 0.29) is 6.61 Å². The van der Waals surface area contributed by atoms with Crippen LogP contribution in [-0.4, -0.2) is 44.5 Å². The van der Waals surface area contributed by atoms with Crippen LogP contribution in [0.4, 0.5) is 0 Å². The van der Waals surface area contributed by atoms with Crippen molar-refractivity contribution in [1.82, 2.24) is 19.7 Å². The quantitative estimate of drug-likeness (QED) is 0.775. The zero-order valence-corrected chi connectivity index (χ0v) is 14.5. The summed E-state index contributed by atoms with van der Waals surface area (Å²) in [5.41, 5.74) is 2.38. The maximum Gasteiger partial charge on any atom is 0.108 e. The van der Waals surface area contributed by atoms with Crippen LogP contribution in [0.1, 0.15) is 29.5 Å². The van der Waals surface area contributed by atoms with Crippen molar-refractivity contribution in [2.75, 3.05) is 19.7 Å². The minimum Gasteiger partial charge on any atom is -0.394 e. The Morgan fingerprint density at radius 2 is 2.00 bits per heavy atom. The van der Waals surface area contributed by atoms with E-state index in [0.29, 0.717) is 12.5 Å². The lowest BCUT2D eigenvalue weighted by atomic mass is 9.93. The summed E-state index contributed by atoms with van der Waals surface area (Å²) in [6.07, 6.45) is 4.13. The van der Waals surface area contributed by atoms with E-state index in [9.17, 15) is 0 Å². The maximum absolute atomic E-state index is 9.15. The number of para-hydroxylation sites is 1. The second kappa shape index (κ2) is 7.01. The molecule has 0 spiro atoms. The Bertz CT molecular complexity index is 771. The van der Waals surface area contributed by atoms with Gasteiger partial charge in [0.25, 0.3) is 0 Å². The molecule has 0 atom stereocenters. The molecule has 0 saturated carbocycles. The van der Waals surface area contributed by atoms with E-state index in [0.717, 1.165) is 38.0 Å². The van der Waals surface area contributed by atoms with Crippen LogP contribution in [-0.2, 0) is 13.1 Å². The summed E-state index contributed by atoms with van der Waals surface area (Å²) in [4.78, 5) is 7.25. The van der Waals surface area contributed by atoms with Crippen molar-refractivity contribution >= 4 is 21.6 Å². The minimum absolute atomic E-state index is 0.144. The summed E-state index contributed by atoms with van der Waals surface area (Å²) in [6, 6.07) is 10.5. The second-order valence-corrected chi connectivity index (χ2v) is 7.44. The van der Waals surface area contributed by atoms with Gasteiger partial charge in [-0.3, -0.25) is 9.58 Å². The summed E-state index contributed by atoms with van der Waals surface area (Å²) in [5, 5.41) is 14.7. The van der Waals surface area contributed by atoms with Crippen molar-refractivity contribution in [1.29, 1.82) is 0 Å². The number of aromatic nitrogens is 3. The topological polar surface area (TPSA) is 54.2 Å². The monoisotopic (exact) mass is 342 g/mol.